The van der Waals surface area contributed by atoms with Crippen LogP contribution in [-0.2, 0) is 26.2 Å². The fourth-order valence-electron chi connectivity index (χ4n) is 3.84. The molecule has 208 valence electrons. The molecule has 8 nitrogen and oxygen atoms in total. The molecule has 3 aromatic carbocycles. The van der Waals surface area contributed by atoms with E-state index in [0.29, 0.717) is 11.3 Å². The first-order valence-electron chi connectivity index (χ1n) is 12.4. The molecule has 0 aliphatic rings. The van der Waals surface area contributed by atoms with E-state index >= 15 is 0 Å². The van der Waals surface area contributed by atoms with Crippen molar-refractivity contribution in [2.45, 2.75) is 50.7 Å². The first-order valence-corrected chi connectivity index (χ1v) is 13.8. The highest BCUT2D eigenvalue weighted by atomic mass is 32.2. The van der Waals surface area contributed by atoms with Gasteiger partial charge in [0.05, 0.1) is 17.7 Å². The Hall–Kier alpha value is -3.92. The Kier molecular flexibility index (Phi) is 9.34. The van der Waals surface area contributed by atoms with Gasteiger partial charge in [-0.3, -0.25) is 13.9 Å². The number of benzene rings is 3. The fraction of sp³-hybridized carbons (Fsp3) is 0.310. The molecule has 0 spiro atoms. The summed E-state index contributed by atoms with van der Waals surface area (Å²) in [4.78, 5) is 28.2. The summed E-state index contributed by atoms with van der Waals surface area (Å²) in [6, 6.07) is 18.8. The summed E-state index contributed by atoms with van der Waals surface area (Å²) >= 11 is 0. The van der Waals surface area contributed by atoms with Crippen LogP contribution in [0.2, 0.25) is 0 Å². The number of nitrogens with one attached hydrogen (secondary N) is 1. The first-order chi connectivity index (χ1) is 18.3. The first kappa shape index (κ1) is 29.6. The molecule has 39 heavy (non-hydrogen) atoms. The Morgan fingerprint density at radius 1 is 0.949 bits per heavy atom. The monoisotopic (exact) mass is 555 g/mol. The lowest BCUT2D eigenvalue weighted by atomic mass is 10.1. The van der Waals surface area contributed by atoms with Gasteiger partial charge in [0.25, 0.3) is 10.0 Å². The van der Waals surface area contributed by atoms with Crippen molar-refractivity contribution in [2.24, 2.45) is 0 Å². The molecule has 0 aliphatic carbocycles. The van der Waals surface area contributed by atoms with Gasteiger partial charge in [-0.15, -0.1) is 0 Å². The number of rotatable bonds is 10. The van der Waals surface area contributed by atoms with Crippen LogP contribution in [0.5, 0.6) is 5.75 Å². The van der Waals surface area contributed by atoms with Gasteiger partial charge in [-0.1, -0.05) is 30.3 Å². The summed E-state index contributed by atoms with van der Waals surface area (Å²) in [7, 11) is -2.70. The number of anilines is 1. The molecule has 0 aromatic heterocycles. The summed E-state index contributed by atoms with van der Waals surface area (Å²) in [5, 5.41) is 2.86. The largest absolute Gasteiger partial charge is 0.497 e. The minimum absolute atomic E-state index is 0.0245. The van der Waals surface area contributed by atoms with E-state index in [-0.39, 0.29) is 17.1 Å². The molecule has 2 amide bonds. The average Bonchev–Trinajstić information content (AvgIpc) is 2.90. The van der Waals surface area contributed by atoms with Crippen LogP contribution in [0.25, 0.3) is 0 Å². The van der Waals surface area contributed by atoms with Crippen molar-refractivity contribution in [3.8, 4) is 5.75 Å². The maximum atomic E-state index is 13.8. The number of methoxy groups -OCH3 is 1. The molecule has 0 saturated carbocycles. The van der Waals surface area contributed by atoms with Gasteiger partial charge >= 0.3 is 0 Å². The van der Waals surface area contributed by atoms with Gasteiger partial charge in [0.2, 0.25) is 11.8 Å². The second kappa shape index (κ2) is 12.3. The predicted molar refractivity (Wildman–Crippen MR) is 148 cm³/mol. The molecule has 1 atom stereocenters. The van der Waals surface area contributed by atoms with E-state index in [0.717, 1.165) is 4.31 Å². The number of carbonyl (C=O) groups excluding carboxylic acids is 2. The highest BCUT2D eigenvalue weighted by Gasteiger charge is 2.33. The number of carbonyl (C=O) groups is 2. The van der Waals surface area contributed by atoms with E-state index in [1.54, 1.807) is 37.3 Å². The Morgan fingerprint density at radius 2 is 1.54 bits per heavy atom. The Morgan fingerprint density at radius 3 is 2.08 bits per heavy atom. The highest BCUT2D eigenvalue weighted by Crippen LogP contribution is 2.26. The summed E-state index contributed by atoms with van der Waals surface area (Å²) < 4.78 is 47.2. The highest BCUT2D eigenvalue weighted by molar-refractivity contribution is 7.92. The van der Waals surface area contributed by atoms with Gasteiger partial charge in [0, 0.05) is 12.1 Å². The molecule has 0 fully saturated rings. The fourth-order valence-corrected chi connectivity index (χ4v) is 5.26. The summed E-state index contributed by atoms with van der Waals surface area (Å²) in [6.07, 6.45) is 0. The van der Waals surface area contributed by atoms with Crippen LogP contribution in [-0.4, -0.2) is 50.4 Å². The van der Waals surface area contributed by atoms with E-state index < -0.39 is 45.8 Å². The topological polar surface area (TPSA) is 96.0 Å². The Labute approximate surface area is 229 Å². The lowest BCUT2D eigenvalue weighted by molar-refractivity contribution is -0.140. The minimum atomic E-state index is -4.18. The van der Waals surface area contributed by atoms with Crippen molar-refractivity contribution in [1.82, 2.24) is 10.2 Å². The molecule has 0 radical (unpaired) electrons. The van der Waals surface area contributed by atoms with E-state index in [1.807, 2.05) is 20.8 Å². The number of hydrogen-bond acceptors (Lipinski definition) is 5. The van der Waals surface area contributed by atoms with Gasteiger partial charge in [-0.25, -0.2) is 12.8 Å². The maximum Gasteiger partial charge on any atom is 0.264 e. The van der Waals surface area contributed by atoms with Crippen LogP contribution in [0.4, 0.5) is 10.1 Å². The van der Waals surface area contributed by atoms with Crippen molar-refractivity contribution in [2.75, 3.05) is 18.0 Å². The standard InChI is InChI=1S/C29H34FN3O5S/c1-21(28(35)31-29(2,3)4)32(19-22-11-13-23(30)14-12-22)27(34)20-33(24-9-7-6-8-10-24)39(36,37)26-17-15-25(38-5)16-18-26/h6-18,21H,19-20H2,1-5H3,(H,31,35)/t21-/m0/s1. The molecule has 0 heterocycles. The number of hydrogen-bond donors (Lipinski definition) is 1. The van der Waals surface area contributed by atoms with Gasteiger partial charge in [-0.2, -0.15) is 0 Å². The third kappa shape index (κ3) is 7.79. The minimum Gasteiger partial charge on any atom is -0.497 e. The zero-order valence-corrected chi connectivity index (χ0v) is 23.5. The Bertz CT molecular complexity index is 1370. The van der Waals surface area contributed by atoms with Gasteiger partial charge in [0.1, 0.15) is 24.2 Å². The lowest BCUT2D eigenvalue weighted by Crippen LogP contribution is -2.54. The average molecular weight is 556 g/mol. The third-order valence-electron chi connectivity index (χ3n) is 5.90. The number of sulfonamides is 1. The van der Waals surface area contributed by atoms with E-state index in [4.69, 9.17) is 4.74 Å². The zero-order chi connectivity index (χ0) is 28.8. The quantitative estimate of drug-likeness (QED) is 0.401. The lowest BCUT2D eigenvalue weighted by Gasteiger charge is -2.33. The molecule has 0 bridgehead atoms. The van der Waals surface area contributed by atoms with Gasteiger partial charge in [-0.05, 0) is 81.8 Å². The maximum absolute atomic E-state index is 13.8. The van der Waals surface area contributed by atoms with Crippen molar-refractivity contribution >= 4 is 27.5 Å². The molecule has 0 saturated heterocycles. The van der Waals surface area contributed by atoms with Crippen LogP contribution in [0.15, 0.2) is 83.8 Å². The zero-order valence-electron chi connectivity index (χ0n) is 22.7. The second-order valence-corrected chi connectivity index (χ2v) is 11.9. The van der Waals surface area contributed by atoms with Gasteiger partial charge < -0.3 is 15.0 Å². The van der Waals surface area contributed by atoms with Gasteiger partial charge in [0.15, 0.2) is 0 Å². The molecule has 0 aliphatic heterocycles. The van der Waals surface area contributed by atoms with Crippen molar-refractivity contribution in [3.05, 3.63) is 90.2 Å². The van der Waals surface area contributed by atoms with Crippen molar-refractivity contribution in [3.63, 3.8) is 0 Å². The smallest absolute Gasteiger partial charge is 0.264 e. The van der Waals surface area contributed by atoms with E-state index in [9.17, 15) is 22.4 Å². The van der Waals surface area contributed by atoms with Crippen LogP contribution in [0.1, 0.15) is 33.3 Å². The third-order valence-corrected chi connectivity index (χ3v) is 7.69. The number of para-hydroxylation sites is 1. The van der Waals surface area contributed by atoms with Crippen molar-refractivity contribution < 1.29 is 27.1 Å². The SMILES string of the molecule is COc1ccc(S(=O)(=O)N(CC(=O)N(Cc2ccc(F)cc2)[C@@H](C)C(=O)NC(C)(C)C)c2ccccc2)cc1. The van der Waals surface area contributed by atoms with Crippen molar-refractivity contribution in [1.29, 1.82) is 0 Å². The van der Waals surface area contributed by atoms with E-state index in [1.165, 1.54) is 60.5 Å². The molecule has 10 heteroatoms. The molecule has 1 N–H and O–H groups in total. The molecule has 3 aromatic rings. The number of ether oxygens (including phenoxy) is 1. The van der Waals surface area contributed by atoms with Crippen LogP contribution < -0.4 is 14.4 Å². The summed E-state index contributed by atoms with van der Waals surface area (Å²) in [5.41, 5.74) is 0.323. The molecule has 0 unspecified atom stereocenters. The number of halogens is 1. The predicted octanol–water partition coefficient (Wildman–Crippen LogP) is 4.36. The van der Waals surface area contributed by atoms with Crippen LogP contribution >= 0.6 is 0 Å². The normalized spacial score (nSPS) is 12.4. The Balaban J connectivity index is 2.00. The van der Waals surface area contributed by atoms with Crippen LogP contribution in [0.3, 0.4) is 0 Å². The second-order valence-electron chi connectivity index (χ2n) is 10.1. The number of amides is 2. The number of nitrogens with zero attached hydrogens (tertiary/aromatic N) is 2. The van der Waals surface area contributed by atoms with E-state index in [2.05, 4.69) is 5.32 Å². The molecule has 3 rings (SSSR count). The summed E-state index contributed by atoms with van der Waals surface area (Å²) in [5.74, 6) is -0.949. The summed E-state index contributed by atoms with van der Waals surface area (Å²) in [6.45, 7) is 6.45. The molecular weight excluding hydrogens is 521 g/mol. The molecular formula is C29H34FN3O5S. The van der Waals surface area contributed by atoms with Crippen LogP contribution in [0, 0.1) is 5.82 Å².